The van der Waals surface area contributed by atoms with Crippen LogP contribution in [-0.4, -0.2) is 41.9 Å². The Kier molecular flexibility index (Phi) is 6.54. The fraction of sp³-hybridized carbons (Fsp3) is 0.700. The van der Waals surface area contributed by atoms with Crippen LogP contribution < -0.4 is 0 Å². The number of aldehydes is 1. The van der Waals surface area contributed by atoms with Gasteiger partial charge in [0.15, 0.2) is 0 Å². The van der Waals surface area contributed by atoms with Crippen molar-refractivity contribution in [1.82, 2.24) is 0 Å². The third-order valence-corrected chi connectivity index (χ3v) is 2.16. The summed E-state index contributed by atoms with van der Waals surface area (Å²) < 4.78 is 9.07. The molecule has 0 amide bonds. The van der Waals surface area contributed by atoms with E-state index in [9.17, 15) is 24.5 Å². The Bertz CT molecular complexity index is 321. The maximum Gasteiger partial charge on any atom is 0.410 e. The van der Waals surface area contributed by atoms with Gasteiger partial charge in [-0.25, -0.2) is 9.59 Å². The number of nitrogens with zero attached hydrogens (tertiary/aromatic N) is 1. The van der Waals surface area contributed by atoms with Gasteiger partial charge in [-0.15, -0.1) is 0 Å². The van der Waals surface area contributed by atoms with Gasteiger partial charge in [0.05, 0.1) is 18.1 Å². The molecule has 18 heavy (non-hydrogen) atoms. The molecule has 8 nitrogen and oxygen atoms in total. The molecule has 0 aromatic rings. The second kappa shape index (κ2) is 7.36. The van der Waals surface area contributed by atoms with Crippen molar-refractivity contribution < 1.29 is 28.8 Å². The molecule has 0 unspecified atom stereocenters. The van der Waals surface area contributed by atoms with Gasteiger partial charge in [-0.3, -0.25) is 10.1 Å². The average molecular weight is 261 g/mol. The fourth-order valence-corrected chi connectivity index (χ4v) is 1.30. The highest BCUT2D eigenvalue weighted by molar-refractivity contribution is 6.03. The number of carbonyl (C=O) groups excluding carboxylic acids is 3. The van der Waals surface area contributed by atoms with Crippen molar-refractivity contribution in [3.63, 3.8) is 0 Å². The molecule has 0 aromatic heterocycles. The summed E-state index contributed by atoms with van der Waals surface area (Å²) in [5.74, 6) is -2.62. The number of esters is 2. The molecular formula is C10H15NO7. The van der Waals surface area contributed by atoms with Gasteiger partial charge in [0.25, 0.3) is 0 Å². The lowest BCUT2D eigenvalue weighted by Crippen LogP contribution is -2.55. The Morgan fingerprint density at radius 2 is 1.67 bits per heavy atom. The van der Waals surface area contributed by atoms with Crippen LogP contribution in [0.5, 0.6) is 0 Å². The van der Waals surface area contributed by atoms with Crippen molar-refractivity contribution in [3.8, 4) is 0 Å². The van der Waals surface area contributed by atoms with Crippen LogP contribution in [0.4, 0.5) is 0 Å². The number of rotatable bonds is 8. The van der Waals surface area contributed by atoms with Crippen molar-refractivity contribution >= 4 is 18.2 Å². The monoisotopic (exact) mass is 261 g/mol. The topological polar surface area (TPSA) is 113 Å². The number of ether oxygens (including phenoxy) is 2. The molecule has 0 atom stereocenters. The van der Waals surface area contributed by atoms with Gasteiger partial charge in [0.2, 0.25) is 0 Å². The minimum atomic E-state index is -2.66. The minimum absolute atomic E-state index is 0.116. The van der Waals surface area contributed by atoms with E-state index in [1.54, 1.807) is 0 Å². The van der Waals surface area contributed by atoms with E-state index in [2.05, 4.69) is 9.47 Å². The zero-order valence-electron chi connectivity index (χ0n) is 10.2. The van der Waals surface area contributed by atoms with Crippen molar-refractivity contribution in [2.24, 2.45) is 0 Å². The van der Waals surface area contributed by atoms with Crippen LogP contribution in [0.1, 0.15) is 26.7 Å². The SMILES string of the molecule is CCOC(=O)C(CCC=O)(C(=O)OCC)[N+](=O)[O-]. The van der Waals surface area contributed by atoms with Crippen LogP contribution in [0.3, 0.4) is 0 Å². The predicted molar refractivity (Wildman–Crippen MR) is 58.3 cm³/mol. The highest BCUT2D eigenvalue weighted by Crippen LogP contribution is 2.21. The lowest BCUT2D eigenvalue weighted by molar-refractivity contribution is -0.542. The number of nitro groups is 1. The maximum atomic E-state index is 11.6. The van der Waals surface area contributed by atoms with Crippen LogP contribution in [0.2, 0.25) is 0 Å². The van der Waals surface area contributed by atoms with Crippen molar-refractivity contribution in [2.75, 3.05) is 13.2 Å². The summed E-state index contributed by atoms with van der Waals surface area (Å²) in [5.41, 5.74) is -2.66. The first kappa shape index (κ1) is 16.0. The molecule has 0 saturated carbocycles. The standard InChI is InChI=1S/C10H15NO7/c1-3-17-8(13)10(11(15)16,6-5-7-12)9(14)18-4-2/h7H,3-6H2,1-2H3. The molecule has 0 aromatic carbocycles. The first-order valence-corrected chi connectivity index (χ1v) is 5.39. The summed E-state index contributed by atoms with van der Waals surface area (Å²) in [5, 5.41) is 11.0. The molecule has 0 bridgehead atoms. The van der Waals surface area contributed by atoms with Gasteiger partial charge in [0, 0.05) is 12.8 Å². The largest absolute Gasteiger partial charge is 0.460 e. The Hall–Kier alpha value is -1.99. The first-order valence-electron chi connectivity index (χ1n) is 5.39. The van der Waals surface area contributed by atoms with E-state index in [1.165, 1.54) is 13.8 Å². The molecule has 0 N–H and O–H groups in total. The van der Waals surface area contributed by atoms with E-state index in [0.717, 1.165) is 0 Å². The van der Waals surface area contributed by atoms with Gasteiger partial charge < -0.3 is 14.3 Å². The second-order valence-corrected chi connectivity index (χ2v) is 3.26. The fourth-order valence-electron chi connectivity index (χ4n) is 1.30. The van der Waals surface area contributed by atoms with Crippen LogP contribution >= 0.6 is 0 Å². The molecule has 0 fully saturated rings. The van der Waals surface area contributed by atoms with Crippen molar-refractivity contribution in [2.45, 2.75) is 32.2 Å². The van der Waals surface area contributed by atoms with Gasteiger partial charge in [-0.1, -0.05) is 0 Å². The smallest absolute Gasteiger partial charge is 0.410 e. The molecule has 0 aliphatic heterocycles. The number of carbonyl (C=O) groups is 3. The highest BCUT2D eigenvalue weighted by atomic mass is 16.7. The Morgan fingerprint density at radius 1 is 1.22 bits per heavy atom. The van der Waals surface area contributed by atoms with Crippen LogP contribution in [0.25, 0.3) is 0 Å². The second-order valence-electron chi connectivity index (χ2n) is 3.26. The van der Waals surface area contributed by atoms with E-state index in [4.69, 9.17) is 0 Å². The summed E-state index contributed by atoms with van der Waals surface area (Å²) in [6.07, 6.45) is -0.517. The zero-order chi connectivity index (χ0) is 14.2. The molecule has 0 radical (unpaired) electrons. The summed E-state index contributed by atoms with van der Waals surface area (Å²) >= 11 is 0. The van der Waals surface area contributed by atoms with Crippen LogP contribution in [0.15, 0.2) is 0 Å². The van der Waals surface area contributed by atoms with E-state index in [-0.39, 0.29) is 19.6 Å². The van der Waals surface area contributed by atoms with Crippen LogP contribution in [-0.2, 0) is 23.9 Å². The van der Waals surface area contributed by atoms with Gasteiger partial charge in [-0.05, 0) is 13.8 Å². The molecule has 0 aliphatic carbocycles. The molecule has 0 saturated heterocycles. The molecule has 0 spiro atoms. The normalized spacial score (nSPS) is 10.6. The summed E-state index contributed by atoms with van der Waals surface area (Å²) in [7, 11) is 0. The van der Waals surface area contributed by atoms with E-state index in [1.807, 2.05) is 0 Å². The van der Waals surface area contributed by atoms with E-state index >= 15 is 0 Å². The van der Waals surface area contributed by atoms with Gasteiger partial charge in [0.1, 0.15) is 6.29 Å². The highest BCUT2D eigenvalue weighted by Gasteiger charge is 2.61. The maximum absolute atomic E-state index is 11.6. The predicted octanol–water partition coefficient (Wildman–Crippen LogP) is 0.107. The minimum Gasteiger partial charge on any atom is -0.460 e. The van der Waals surface area contributed by atoms with Crippen LogP contribution in [0, 0.1) is 10.1 Å². The third-order valence-electron chi connectivity index (χ3n) is 2.16. The first-order chi connectivity index (χ1) is 8.47. The van der Waals surface area contributed by atoms with E-state index in [0.29, 0.717) is 6.29 Å². The molecular weight excluding hydrogens is 246 g/mol. The Labute approximate surface area is 103 Å². The molecule has 0 aliphatic rings. The van der Waals surface area contributed by atoms with Gasteiger partial charge >= 0.3 is 17.5 Å². The Balaban J connectivity index is 5.40. The quantitative estimate of drug-likeness (QED) is 0.200. The summed E-state index contributed by atoms with van der Waals surface area (Å²) in [6.45, 7) is 2.67. The van der Waals surface area contributed by atoms with Gasteiger partial charge in [-0.2, -0.15) is 0 Å². The molecule has 0 heterocycles. The molecule has 0 rings (SSSR count). The molecule has 102 valence electrons. The van der Waals surface area contributed by atoms with Crippen molar-refractivity contribution in [3.05, 3.63) is 10.1 Å². The average Bonchev–Trinajstić information content (AvgIpc) is 2.30. The molecule has 8 heteroatoms. The number of hydrogen-bond acceptors (Lipinski definition) is 7. The lowest BCUT2D eigenvalue weighted by Gasteiger charge is -2.20. The summed E-state index contributed by atoms with van der Waals surface area (Å²) in [4.78, 5) is 43.6. The van der Waals surface area contributed by atoms with E-state index < -0.39 is 28.8 Å². The Morgan fingerprint density at radius 3 is 1.94 bits per heavy atom. The van der Waals surface area contributed by atoms with Crippen molar-refractivity contribution in [1.29, 1.82) is 0 Å². The lowest BCUT2D eigenvalue weighted by atomic mass is 9.94. The number of hydrogen-bond donors (Lipinski definition) is 0. The zero-order valence-corrected chi connectivity index (χ0v) is 10.2. The summed E-state index contributed by atoms with van der Waals surface area (Å²) in [6, 6.07) is 0. The third kappa shape index (κ3) is 3.25.